The lowest BCUT2D eigenvalue weighted by Crippen LogP contribution is -2.19. The van der Waals surface area contributed by atoms with E-state index in [0.29, 0.717) is 34.4 Å². The standard InChI is InChI=1S/C18H18N4O3S/c1-3-25-15-7-5-4-6-13(15)21-17(24)20-12-8-9-16-14(10-12)22-18(26-16)19-11(2)23/h4-10H,3H2,1-2H3,(H,19,22,23)(H2,20,21,24). The fraction of sp³-hybridized carbons (Fsp3) is 0.167. The smallest absolute Gasteiger partial charge is 0.323 e. The van der Waals surface area contributed by atoms with Crippen molar-refractivity contribution >= 4 is 50.0 Å². The van der Waals surface area contributed by atoms with Crippen molar-refractivity contribution in [2.45, 2.75) is 13.8 Å². The molecule has 1 heterocycles. The van der Waals surface area contributed by atoms with Gasteiger partial charge >= 0.3 is 6.03 Å². The summed E-state index contributed by atoms with van der Waals surface area (Å²) in [5.74, 6) is 0.440. The van der Waals surface area contributed by atoms with E-state index in [-0.39, 0.29) is 11.9 Å². The Kier molecular flexibility index (Phi) is 5.33. The second kappa shape index (κ2) is 7.83. The summed E-state index contributed by atoms with van der Waals surface area (Å²) in [6, 6.07) is 12.2. The number of nitrogens with one attached hydrogen (secondary N) is 3. The summed E-state index contributed by atoms with van der Waals surface area (Å²) >= 11 is 1.38. The fourth-order valence-corrected chi connectivity index (χ4v) is 3.24. The molecule has 0 saturated carbocycles. The van der Waals surface area contributed by atoms with Gasteiger partial charge in [-0.25, -0.2) is 9.78 Å². The molecule has 3 N–H and O–H groups in total. The molecule has 0 radical (unpaired) electrons. The number of hydrogen-bond acceptors (Lipinski definition) is 5. The molecule has 0 spiro atoms. The quantitative estimate of drug-likeness (QED) is 0.624. The number of nitrogens with zero attached hydrogens (tertiary/aromatic N) is 1. The number of ether oxygens (including phenoxy) is 1. The van der Waals surface area contributed by atoms with Crippen LogP contribution in [0.3, 0.4) is 0 Å². The second-order valence-corrected chi connectivity index (χ2v) is 6.42. The number of para-hydroxylation sites is 2. The van der Waals surface area contributed by atoms with Gasteiger partial charge < -0.3 is 20.7 Å². The molecular formula is C18H18N4O3S. The molecule has 0 unspecified atom stereocenters. The van der Waals surface area contributed by atoms with Crippen LogP contribution in [0.15, 0.2) is 42.5 Å². The SMILES string of the molecule is CCOc1ccccc1NC(=O)Nc1ccc2sc(NC(C)=O)nc2c1. The van der Waals surface area contributed by atoms with Crippen LogP contribution in [0, 0.1) is 0 Å². The second-order valence-electron chi connectivity index (χ2n) is 5.39. The monoisotopic (exact) mass is 370 g/mol. The van der Waals surface area contributed by atoms with Crippen LogP contribution < -0.4 is 20.7 Å². The molecule has 3 aromatic rings. The van der Waals surface area contributed by atoms with Crippen LogP contribution in [0.1, 0.15) is 13.8 Å². The molecule has 0 bridgehead atoms. The zero-order valence-corrected chi connectivity index (χ0v) is 15.1. The first-order valence-corrected chi connectivity index (χ1v) is 8.85. The lowest BCUT2D eigenvalue weighted by atomic mass is 10.3. The number of carbonyl (C=O) groups is 2. The summed E-state index contributed by atoms with van der Waals surface area (Å²) in [4.78, 5) is 27.7. The minimum atomic E-state index is -0.381. The molecule has 0 fully saturated rings. The average molecular weight is 370 g/mol. The highest BCUT2D eigenvalue weighted by molar-refractivity contribution is 7.22. The molecule has 0 aliphatic heterocycles. The Morgan fingerprint density at radius 1 is 1.12 bits per heavy atom. The van der Waals surface area contributed by atoms with E-state index in [1.807, 2.05) is 25.1 Å². The van der Waals surface area contributed by atoms with Crippen molar-refractivity contribution in [2.75, 3.05) is 22.6 Å². The number of benzene rings is 2. The molecule has 134 valence electrons. The van der Waals surface area contributed by atoms with Gasteiger partial charge in [-0.05, 0) is 37.3 Å². The van der Waals surface area contributed by atoms with Gasteiger partial charge in [-0.15, -0.1) is 0 Å². The highest BCUT2D eigenvalue weighted by Gasteiger charge is 2.10. The average Bonchev–Trinajstić information content (AvgIpc) is 2.97. The van der Waals surface area contributed by atoms with Gasteiger partial charge in [0.15, 0.2) is 5.13 Å². The van der Waals surface area contributed by atoms with Crippen molar-refractivity contribution in [3.8, 4) is 5.75 Å². The van der Waals surface area contributed by atoms with Gasteiger partial charge in [0, 0.05) is 12.6 Å². The first-order valence-electron chi connectivity index (χ1n) is 8.03. The molecular weight excluding hydrogens is 352 g/mol. The van der Waals surface area contributed by atoms with E-state index in [2.05, 4.69) is 20.9 Å². The van der Waals surface area contributed by atoms with Crippen LogP contribution in [-0.2, 0) is 4.79 Å². The number of urea groups is 1. The number of carbonyl (C=O) groups excluding carboxylic acids is 2. The van der Waals surface area contributed by atoms with Crippen molar-refractivity contribution in [1.29, 1.82) is 0 Å². The normalized spacial score (nSPS) is 10.4. The van der Waals surface area contributed by atoms with Gasteiger partial charge in [-0.1, -0.05) is 23.5 Å². The summed E-state index contributed by atoms with van der Waals surface area (Å²) in [6.45, 7) is 3.83. The number of fused-ring (bicyclic) bond motifs is 1. The van der Waals surface area contributed by atoms with Crippen LogP contribution in [0.5, 0.6) is 5.75 Å². The molecule has 0 aliphatic rings. The zero-order valence-electron chi connectivity index (χ0n) is 14.3. The Morgan fingerprint density at radius 2 is 1.92 bits per heavy atom. The minimum Gasteiger partial charge on any atom is -0.492 e. The van der Waals surface area contributed by atoms with Crippen molar-refractivity contribution in [3.63, 3.8) is 0 Å². The Balaban J connectivity index is 1.72. The van der Waals surface area contributed by atoms with Crippen molar-refractivity contribution in [2.24, 2.45) is 0 Å². The maximum atomic E-state index is 12.3. The van der Waals surface area contributed by atoms with Gasteiger partial charge in [-0.3, -0.25) is 4.79 Å². The molecule has 8 heteroatoms. The Bertz CT molecular complexity index is 955. The molecule has 7 nitrogen and oxygen atoms in total. The molecule has 0 saturated heterocycles. The zero-order chi connectivity index (χ0) is 18.5. The first-order chi connectivity index (χ1) is 12.5. The molecule has 3 rings (SSSR count). The summed E-state index contributed by atoms with van der Waals surface area (Å²) in [6.07, 6.45) is 0. The predicted octanol–water partition coefficient (Wildman–Crippen LogP) is 4.30. The minimum absolute atomic E-state index is 0.172. The number of hydrogen-bond donors (Lipinski definition) is 3. The van der Waals surface area contributed by atoms with Gasteiger partial charge in [-0.2, -0.15) is 0 Å². The predicted molar refractivity (Wildman–Crippen MR) is 104 cm³/mol. The Morgan fingerprint density at radius 3 is 2.69 bits per heavy atom. The van der Waals surface area contributed by atoms with Crippen molar-refractivity contribution in [1.82, 2.24) is 4.98 Å². The van der Waals surface area contributed by atoms with E-state index in [1.165, 1.54) is 18.3 Å². The van der Waals surface area contributed by atoms with E-state index < -0.39 is 0 Å². The summed E-state index contributed by atoms with van der Waals surface area (Å²) in [7, 11) is 0. The number of rotatable bonds is 5. The topological polar surface area (TPSA) is 92.4 Å². The maximum Gasteiger partial charge on any atom is 0.323 e. The Hall–Kier alpha value is -3.13. The largest absolute Gasteiger partial charge is 0.492 e. The highest BCUT2D eigenvalue weighted by atomic mass is 32.1. The molecule has 0 atom stereocenters. The van der Waals surface area contributed by atoms with Gasteiger partial charge in [0.2, 0.25) is 5.91 Å². The van der Waals surface area contributed by atoms with E-state index in [4.69, 9.17) is 4.74 Å². The van der Waals surface area contributed by atoms with Crippen molar-refractivity contribution in [3.05, 3.63) is 42.5 Å². The van der Waals surface area contributed by atoms with E-state index >= 15 is 0 Å². The van der Waals surface area contributed by atoms with Gasteiger partial charge in [0.25, 0.3) is 0 Å². The van der Waals surface area contributed by atoms with E-state index in [1.54, 1.807) is 24.3 Å². The van der Waals surface area contributed by atoms with E-state index in [9.17, 15) is 9.59 Å². The highest BCUT2D eigenvalue weighted by Crippen LogP contribution is 2.28. The third kappa shape index (κ3) is 4.28. The summed E-state index contributed by atoms with van der Waals surface area (Å²) in [5, 5.41) is 8.73. The Labute approximate surface area is 154 Å². The molecule has 3 amide bonds. The summed E-state index contributed by atoms with van der Waals surface area (Å²) in [5.41, 5.74) is 1.89. The van der Waals surface area contributed by atoms with Crippen LogP contribution in [0.25, 0.3) is 10.2 Å². The number of anilines is 3. The van der Waals surface area contributed by atoms with Gasteiger partial charge in [0.05, 0.1) is 22.5 Å². The third-order valence-corrected chi connectivity index (χ3v) is 4.32. The molecule has 26 heavy (non-hydrogen) atoms. The molecule has 0 aliphatic carbocycles. The van der Waals surface area contributed by atoms with Gasteiger partial charge in [0.1, 0.15) is 5.75 Å². The lowest BCUT2D eigenvalue weighted by molar-refractivity contribution is -0.114. The summed E-state index contributed by atoms with van der Waals surface area (Å²) < 4.78 is 6.41. The van der Waals surface area contributed by atoms with Crippen LogP contribution in [0.4, 0.5) is 21.3 Å². The molecule has 2 aromatic carbocycles. The van der Waals surface area contributed by atoms with Crippen LogP contribution >= 0.6 is 11.3 Å². The van der Waals surface area contributed by atoms with Crippen LogP contribution in [0.2, 0.25) is 0 Å². The number of aromatic nitrogens is 1. The van der Waals surface area contributed by atoms with E-state index in [0.717, 1.165) is 4.70 Å². The van der Waals surface area contributed by atoms with Crippen LogP contribution in [-0.4, -0.2) is 23.5 Å². The maximum absolute atomic E-state index is 12.3. The lowest BCUT2D eigenvalue weighted by Gasteiger charge is -2.12. The molecule has 1 aromatic heterocycles. The third-order valence-electron chi connectivity index (χ3n) is 3.36. The van der Waals surface area contributed by atoms with Crippen molar-refractivity contribution < 1.29 is 14.3 Å². The fourth-order valence-electron chi connectivity index (χ4n) is 2.35. The first kappa shape index (κ1) is 17.7. The number of amides is 3. The number of thiazole rings is 1.